The van der Waals surface area contributed by atoms with E-state index in [4.69, 9.17) is 23.2 Å². The summed E-state index contributed by atoms with van der Waals surface area (Å²) in [5.74, 6) is 0.264. The Morgan fingerprint density at radius 2 is 2.22 bits per heavy atom. The van der Waals surface area contributed by atoms with Crippen LogP contribution in [-0.2, 0) is 6.42 Å². The molecule has 0 aliphatic carbocycles. The summed E-state index contributed by atoms with van der Waals surface area (Å²) in [7, 11) is 0. The molecule has 1 heterocycles. The van der Waals surface area contributed by atoms with E-state index in [1.807, 2.05) is 6.92 Å². The van der Waals surface area contributed by atoms with Gasteiger partial charge in [0.15, 0.2) is 0 Å². The average molecular weight is 284 g/mol. The maximum Gasteiger partial charge on any atom is 0.258 e. The zero-order chi connectivity index (χ0) is 13.1. The van der Waals surface area contributed by atoms with Gasteiger partial charge in [0.2, 0.25) is 0 Å². The SMILES string of the molecule is CCc1cn[nH]c1NC(=O)c1cccc(Cl)c1Cl. The van der Waals surface area contributed by atoms with Gasteiger partial charge < -0.3 is 5.32 Å². The van der Waals surface area contributed by atoms with E-state index in [0.29, 0.717) is 16.4 Å². The number of rotatable bonds is 3. The van der Waals surface area contributed by atoms with Crippen LogP contribution >= 0.6 is 23.2 Å². The van der Waals surface area contributed by atoms with Crippen molar-refractivity contribution in [3.05, 3.63) is 45.6 Å². The first-order chi connectivity index (χ1) is 8.63. The van der Waals surface area contributed by atoms with Crippen LogP contribution in [0.25, 0.3) is 0 Å². The molecule has 0 bridgehead atoms. The molecule has 0 saturated heterocycles. The van der Waals surface area contributed by atoms with E-state index in [2.05, 4.69) is 15.5 Å². The average Bonchev–Trinajstić information content (AvgIpc) is 2.79. The van der Waals surface area contributed by atoms with Crippen LogP contribution in [0, 0.1) is 0 Å². The lowest BCUT2D eigenvalue weighted by Gasteiger charge is -2.07. The molecule has 0 atom stereocenters. The summed E-state index contributed by atoms with van der Waals surface area (Å²) in [5, 5.41) is 9.94. The number of halogens is 2. The number of carbonyl (C=O) groups is 1. The van der Waals surface area contributed by atoms with Crippen LogP contribution in [-0.4, -0.2) is 16.1 Å². The van der Waals surface area contributed by atoms with Gasteiger partial charge in [-0.2, -0.15) is 5.10 Å². The number of anilines is 1. The Labute approximate surface area is 114 Å². The van der Waals surface area contributed by atoms with Crippen molar-refractivity contribution >= 4 is 34.9 Å². The van der Waals surface area contributed by atoms with E-state index in [1.165, 1.54) is 0 Å². The lowest BCUT2D eigenvalue weighted by molar-refractivity contribution is 0.102. The summed E-state index contributed by atoms with van der Waals surface area (Å²) in [6.45, 7) is 1.98. The summed E-state index contributed by atoms with van der Waals surface area (Å²) < 4.78 is 0. The molecule has 0 spiro atoms. The third-order valence-corrected chi connectivity index (χ3v) is 3.35. The van der Waals surface area contributed by atoms with Crippen molar-refractivity contribution in [3.8, 4) is 0 Å². The van der Waals surface area contributed by atoms with E-state index in [1.54, 1.807) is 24.4 Å². The molecule has 18 heavy (non-hydrogen) atoms. The predicted molar refractivity (Wildman–Crippen MR) is 72.4 cm³/mol. The topological polar surface area (TPSA) is 57.8 Å². The van der Waals surface area contributed by atoms with E-state index < -0.39 is 0 Å². The maximum atomic E-state index is 12.1. The molecule has 2 N–H and O–H groups in total. The van der Waals surface area contributed by atoms with E-state index >= 15 is 0 Å². The minimum atomic E-state index is -0.318. The molecule has 1 aromatic carbocycles. The van der Waals surface area contributed by atoms with Crippen molar-refractivity contribution in [3.63, 3.8) is 0 Å². The van der Waals surface area contributed by atoms with Gasteiger partial charge >= 0.3 is 0 Å². The number of benzene rings is 1. The summed E-state index contributed by atoms with van der Waals surface area (Å²) in [5.41, 5.74) is 1.27. The molecule has 1 amide bonds. The minimum Gasteiger partial charge on any atom is -0.307 e. The Kier molecular flexibility index (Phi) is 3.89. The fourth-order valence-corrected chi connectivity index (χ4v) is 1.93. The van der Waals surface area contributed by atoms with Crippen LogP contribution in [0.4, 0.5) is 5.82 Å². The number of aromatic amines is 1. The van der Waals surface area contributed by atoms with Crippen molar-refractivity contribution in [1.29, 1.82) is 0 Å². The van der Waals surface area contributed by atoms with E-state index in [9.17, 15) is 4.79 Å². The Hall–Kier alpha value is -1.52. The normalized spacial score (nSPS) is 10.4. The highest BCUT2D eigenvalue weighted by molar-refractivity contribution is 6.44. The van der Waals surface area contributed by atoms with Crippen molar-refractivity contribution in [1.82, 2.24) is 10.2 Å². The smallest absolute Gasteiger partial charge is 0.258 e. The number of amides is 1. The number of nitrogens with zero attached hydrogens (tertiary/aromatic N) is 1. The van der Waals surface area contributed by atoms with Gasteiger partial charge in [-0.25, -0.2) is 0 Å². The first-order valence-corrected chi connectivity index (χ1v) is 6.16. The molecule has 0 saturated carbocycles. The molecule has 94 valence electrons. The zero-order valence-electron chi connectivity index (χ0n) is 9.63. The number of H-pyrrole nitrogens is 1. The second-order valence-electron chi connectivity index (χ2n) is 3.68. The lowest BCUT2D eigenvalue weighted by Crippen LogP contribution is -2.14. The molecule has 2 aromatic rings. The van der Waals surface area contributed by atoms with Crippen LogP contribution in [0.15, 0.2) is 24.4 Å². The zero-order valence-corrected chi connectivity index (χ0v) is 11.1. The molecule has 0 aliphatic rings. The van der Waals surface area contributed by atoms with Crippen LogP contribution < -0.4 is 5.32 Å². The van der Waals surface area contributed by atoms with Gasteiger partial charge in [0.05, 0.1) is 21.8 Å². The van der Waals surface area contributed by atoms with Gasteiger partial charge in [0.25, 0.3) is 5.91 Å². The number of nitrogens with one attached hydrogen (secondary N) is 2. The second kappa shape index (κ2) is 5.42. The number of aryl methyl sites for hydroxylation is 1. The van der Waals surface area contributed by atoms with Crippen LogP contribution in [0.3, 0.4) is 0 Å². The summed E-state index contributed by atoms with van der Waals surface area (Å²) in [4.78, 5) is 12.1. The van der Waals surface area contributed by atoms with Gasteiger partial charge in [-0.3, -0.25) is 9.89 Å². The number of carbonyl (C=O) groups excluding carboxylic acids is 1. The molecule has 0 unspecified atom stereocenters. The third kappa shape index (κ3) is 2.49. The first-order valence-electron chi connectivity index (χ1n) is 5.41. The molecule has 0 aliphatic heterocycles. The molecule has 0 radical (unpaired) electrons. The number of hydrogen-bond acceptors (Lipinski definition) is 2. The standard InChI is InChI=1S/C12H11Cl2N3O/c1-2-7-6-15-17-11(7)16-12(18)8-4-3-5-9(13)10(8)14/h3-6H,2H2,1H3,(H2,15,16,17,18). The predicted octanol–water partition coefficient (Wildman–Crippen LogP) is 3.53. The number of hydrogen-bond donors (Lipinski definition) is 2. The van der Waals surface area contributed by atoms with Crippen molar-refractivity contribution in [2.75, 3.05) is 5.32 Å². The Morgan fingerprint density at radius 3 is 2.94 bits per heavy atom. The minimum absolute atomic E-state index is 0.245. The largest absolute Gasteiger partial charge is 0.307 e. The summed E-state index contributed by atoms with van der Waals surface area (Å²) in [6.07, 6.45) is 2.45. The molecule has 6 heteroatoms. The van der Waals surface area contributed by atoms with Gasteiger partial charge in [-0.05, 0) is 18.6 Å². The van der Waals surface area contributed by atoms with Gasteiger partial charge in [-0.15, -0.1) is 0 Å². The number of aromatic nitrogens is 2. The Bertz CT molecular complexity index is 580. The fraction of sp³-hybridized carbons (Fsp3) is 0.167. The highest BCUT2D eigenvalue weighted by atomic mass is 35.5. The highest BCUT2D eigenvalue weighted by Gasteiger charge is 2.14. The Morgan fingerprint density at radius 1 is 1.44 bits per heavy atom. The monoisotopic (exact) mass is 283 g/mol. The molecule has 4 nitrogen and oxygen atoms in total. The lowest BCUT2D eigenvalue weighted by atomic mass is 10.2. The second-order valence-corrected chi connectivity index (χ2v) is 4.46. The Balaban J connectivity index is 2.25. The van der Waals surface area contributed by atoms with E-state index in [0.717, 1.165) is 12.0 Å². The highest BCUT2D eigenvalue weighted by Crippen LogP contribution is 2.26. The van der Waals surface area contributed by atoms with Crippen LogP contribution in [0.5, 0.6) is 0 Å². The van der Waals surface area contributed by atoms with Crippen LogP contribution in [0.1, 0.15) is 22.8 Å². The first kappa shape index (κ1) is 12.9. The molecule has 2 rings (SSSR count). The van der Waals surface area contributed by atoms with Crippen molar-refractivity contribution < 1.29 is 4.79 Å². The van der Waals surface area contributed by atoms with Gasteiger partial charge in [-0.1, -0.05) is 36.2 Å². The van der Waals surface area contributed by atoms with Crippen molar-refractivity contribution in [2.45, 2.75) is 13.3 Å². The van der Waals surface area contributed by atoms with Crippen molar-refractivity contribution in [2.24, 2.45) is 0 Å². The fourth-order valence-electron chi connectivity index (χ4n) is 1.55. The quantitative estimate of drug-likeness (QED) is 0.905. The molecular weight excluding hydrogens is 273 g/mol. The maximum absolute atomic E-state index is 12.1. The third-order valence-electron chi connectivity index (χ3n) is 2.53. The van der Waals surface area contributed by atoms with Gasteiger partial charge in [0, 0.05) is 5.56 Å². The molecule has 0 fully saturated rings. The summed E-state index contributed by atoms with van der Waals surface area (Å²) >= 11 is 11.8. The van der Waals surface area contributed by atoms with Gasteiger partial charge in [0.1, 0.15) is 5.82 Å². The van der Waals surface area contributed by atoms with E-state index in [-0.39, 0.29) is 10.9 Å². The summed E-state index contributed by atoms with van der Waals surface area (Å²) in [6, 6.07) is 4.93. The van der Waals surface area contributed by atoms with Crippen LogP contribution in [0.2, 0.25) is 10.0 Å². The molecule has 1 aromatic heterocycles. The molecular formula is C12H11Cl2N3O.